The summed E-state index contributed by atoms with van der Waals surface area (Å²) in [5.74, 6) is 0.997. The quantitative estimate of drug-likeness (QED) is 0.693. The van der Waals surface area contributed by atoms with Gasteiger partial charge in [-0.25, -0.2) is 0 Å². The van der Waals surface area contributed by atoms with Crippen LogP contribution in [0.5, 0.6) is 0 Å². The van der Waals surface area contributed by atoms with Gasteiger partial charge >= 0.3 is 0 Å². The molecule has 3 aromatic rings. The molecule has 0 radical (unpaired) electrons. The Morgan fingerprint density at radius 2 is 2.04 bits per heavy atom. The van der Waals surface area contributed by atoms with Crippen LogP contribution in [-0.4, -0.2) is 63.3 Å². The molecule has 7 heteroatoms. The van der Waals surface area contributed by atoms with Crippen molar-refractivity contribution in [1.82, 2.24) is 24.6 Å². The third-order valence-corrected chi connectivity index (χ3v) is 4.63. The molecule has 0 unspecified atom stereocenters. The third-order valence-electron chi connectivity index (χ3n) is 4.63. The number of hydrogen-bond donors (Lipinski definition) is 0. The van der Waals surface area contributed by atoms with E-state index in [1.807, 2.05) is 36.0 Å². The van der Waals surface area contributed by atoms with Crippen molar-refractivity contribution >= 4 is 16.6 Å². The maximum absolute atomic E-state index is 12.4. The molecule has 1 aliphatic rings. The number of benzene rings is 1. The zero-order chi connectivity index (χ0) is 17.9. The van der Waals surface area contributed by atoms with Gasteiger partial charge in [0, 0.05) is 43.0 Å². The van der Waals surface area contributed by atoms with Gasteiger partial charge in [0.15, 0.2) is 11.6 Å². The van der Waals surface area contributed by atoms with Crippen molar-refractivity contribution < 1.29 is 9.53 Å². The lowest BCUT2D eigenvalue weighted by Gasteiger charge is -2.25. The van der Waals surface area contributed by atoms with Crippen molar-refractivity contribution in [3.8, 4) is 11.4 Å². The summed E-state index contributed by atoms with van der Waals surface area (Å²) < 4.78 is 7.21. The molecule has 0 spiro atoms. The van der Waals surface area contributed by atoms with Gasteiger partial charge in [0.05, 0.1) is 26.2 Å². The highest BCUT2D eigenvalue weighted by Crippen LogP contribution is 2.23. The van der Waals surface area contributed by atoms with Crippen LogP contribution in [0, 0.1) is 0 Å². The molecule has 4 rings (SSSR count). The van der Waals surface area contributed by atoms with E-state index in [1.54, 1.807) is 6.33 Å². The van der Waals surface area contributed by atoms with Crippen LogP contribution in [0.25, 0.3) is 22.2 Å². The molecule has 1 saturated heterocycles. The second-order valence-corrected chi connectivity index (χ2v) is 6.61. The number of hydrogen-bond acceptors (Lipinski definition) is 6. The van der Waals surface area contributed by atoms with Gasteiger partial charge in [-0.05, 0) is 17.5 Å². The van der Waals surface area contributed by atoms with Crippen molar-refractivity contribution in [2.75, 3.05) is 32.8 Å². The number of Topliss-reactive ketones (excluding diaryl/α,β-unsaturated/α-hetero) is 1. The van der Waals surface area contributed by atoms with Gasteiger partial charge in [-0.15, -0.1) is 10.2 Å². The third kappa shape index (κ3) is 3.63. The average molecular weight is 351 g/mol. The Labute approximate surface area is 151 Å². The second-order valence-electron chi connectivity index (χ2n) is 6.61. The fourth-order valence-electron chi connectivity index (χ4n) is 3.23. The summed E-state index contributed by atoms with van der Waals surface area (Å²) in [7, 11) is 1.92. The van der Waals surface area contributed by atoms with Crippen LogP contribution in [0.4, 0.5) is 0 Å². The lowest BCUT2D eigenvalue weighted by molar-refractivity contribution is -0.120. The smallest absolute Gasteiger partial charge is 0.163 e. The lowest BCUT2D eigenvalue weighted by atomic mass is 10.1. The molecule has 0 amide bonds. The second kappa shape index (κ2) is 7.31. The van der Waals surface area contributed by atoms with Gasteiger partial charge < -0.3 is 9.30 Å². The predicted octanol–water partition coefficient (Wildman–Crippen LogP) is 1.47. The van der Waals surface area contributed by atoms with Gasteiger partial charge in [0.2, 0.25) is 0 Å². The Kier molecular flexibility index (Phi) is 4.73. The summed E-state index contributed by atoms with van der Waals surface area (Å²) in [6.07, 6.45) is 3.86. The number of pyridine rings is 1. The molecule has 1 aromatic carbocycles. The van der Waals surface area contributed by atoms with E-state index in [0.29, 0.717) is 26.2 Å². The average Bonchev–Trinajstić information content (AvgIpc) is 3.08. The fourth-order valence-corrected chi connectivity index (χ4v) is 3.23. The lowest BCUT2D eigenvalue weighted by Crippen LogP contribution is -2.39. The Hall–Kier alpha value is -2.64. The highest BCUT2D eigenvalue weighted by molar-refractivity contribution is 5.88. The molecule has 7 nitrogen and oxygen atoms in total. The number of carbonyl (C=O) groups is 1. The van der Waals surface area contributed by atoms with Crippen LogP contribution in [0.1, 0.15) is 5.69 Å². The molecule has 0 saturated carbocycles. The summed E-state index contributed by atoms with van der Waals surface area (Å²) in [5, 5.41) is 10.2. The molecule has 134 valence electrons. The van der Waals surface area contributed by atoms with E-state index in [9.17, 15) is 4.79 Å². The van der Waals surface area contributed by atoms with E-state index in [1.165, 1.54) is 0 Å². The molecule has 0 bridgehead atoms. The summed E-state index contributed by atoms with van der Waals surface area (Å²) in [6.45, 7) is 3.50. The Balaban J connectivity index is 1.52. The van der Waals surface area contributed by atoms with Gasteiger partial charge in [0.1, 0.15) is 6.33 Å². The Morgan fingerprint density at radius 1 is 1.19 bits per heavy atom. The molecule has 0 atom stereocenters. The zero-order valence-corrected chi connectivity index (χ0v) is 14.8. The van der Waals surface area contributed by atoms with Gasteiger partial charge in [-0.3, -0.25) is 14.7 Å². The van der Waals surface area contributed by atoms with Crippen molar-refractivity contribution in [1.29, 1.82) is 0 Å². The highest BCUT2D eigenvalue weighted by atomic mass is 16.5. The van der Waals surface area contributed by atoms with Crippen molar-refractivity contribution in [2.45, 2.75) is 6.42 Å². The number of ether oxygens (including phenoxy) is 1. The van der Waals surface area contributed by atoms with E-state index in [-0.39, 0.29) is 5.78 Å². The van der Waals surface area contributed by atoms with Crippen molar-refractivity contribution in [3.05, 3.63) is 42.5 Å². The number of aromatic nitrogens is 4. The van der Waals surface area contributed by atoms with Gasteiger partial charge in [0.25, 0.3) is 0 Å². The normalized spacial score (nSPS) is 15.4. The predicted molar refractivity (Wildman–Crippen MR) is 97.7 cm³/mol. The number of fused-ring (bicyclic) bond motifs is 1. The van der Waals surface area contributed by atoms with E-state index in [0.717, 1.165) is 40.9 Å². The fraction of sp³-hybridized carbons (Fsp3) is 0.368. The van der Waals surface area contributed by atoms with Gasteiger partial charge in [-0.1, -0.05) is 12.1 Å². The highest BCUT2D eigenvalue weighted by Gasteiger charge is 2.15. The van der Waals surface area contributed by atoms with E-state index < -0.39 is 0 Å². The summed E-state index contributed by atoms with van der Waals surface area (Å²) in [5.41, 5.74) is 1.79. The van der Waals surface area contributed by atoms with Gasteiger partial charge in [-0.2, -0.15) is 0 Å². The molecule has 0 N–H and O–H groups in total. The number of aryl methyl sites for hydroxylation is 1. The zero-order valence-electron chi connectivity index (χ0n) is 14.8. The number of nitrogens with zero attached hydrogens (tertiary/aromatic N) is 5. The number of rotatable bonds is 5. The molecule has 2 aromatic heterocycles. The summed E-state index contributed by atoms with van der Waals surface area (Å²) in [4.78, 5) is 19.0. The molecule has 1 fully saturated rings. The van der Waals surface area contributed by atoms with E-state index >= 15 is 0 Å². The molecule has 26 heavy (non-hydrogen) atoms. The monoisotopic (exact) mass is 351 g/mol. The van der Waals surface area contributed by atoms with Crippen LogP contribution < -0.4 is 0 Å². The summed E-state index contributed by atoms with van der Waals surface area (Å²) in [6, 6.07) is 8.09. The summed E-state index contributed by atoms with van der Waals surface area (Å²) >= 11 is 0. The molecular formula is C19H21N5O2. The largest absolute Gasteiger partial charge is 0.379 e. The first-order valence-corrected chi connectivity index (χ1v) is 8.74. The topological polar surface area (TPSA) is 73.1 Å². The van der Waals surface area contributed by atoms with Crippen LogP contribution in [0.15, 0.2) is 36.8 Å². The molecule has 3 heterocycles. The Morgan fingerprint density at radius 3 is 2.81 bits per heavy atom. The first-order valence-electron chi connectivity index (χ1n) is 8.74. The SMILES string of the molecule is Cn1cnnc1-c1ccc2cnc(CC(=O)CN3CCOCC3)cc2c1. The van der Waals surface area contributed by atoms with Crippen LogP contribution in [0.3, 0.4) is 0 Å². The van der Waals surface area contributed by atoms with Crippen LogP contribution >= 0.6 is 0 Å². The molecule has 0 aliphatic carbocycles. The van der Waals surface area contributed by atoms with E-state index in [2.05, 4.69) is 26.1 Å². The first kappa shape index (κ1) is 16.8. The molecule has 1 aliphatic heterocycles. The Bertz CT molecular complexity index is 931. The van der Waals surface area contributed by atoms with Crippen molar-refractivity contribution in [2.24, 2.45) is 7.05 Å². The van der Waals surface area contributed by atoms with Crippen molar-refractivity contribution in [3.63, 3.8) is 0 Å². The standard InChI is InChI=1S/C19H21N5O2/c1-23-13-21-22-19(23)14-2-3-15-11-20-17(9-16(15)8-14)10-18(25)12-24-4-6-26-7-5-24/h2-3,8-9,11,13H,4-7,10,12H2,1H3. The molecular weight excluding hydrogens is 330 g/mol. The van der Waals surface area contributed by atoms with Crippen LogP contribution in [0.2, 0.25) is 0 Å². The number of carbonyl (C=O) groups excluding carboxylic acids is 1. The first-order chi connectivity index (χ1) is 12.7. The minimum atomic E-state index is 0.184. The minimum absolute atomic E-state index is 0.184. The maximum atomic E-state index is 12.4. The maximum Gasteiger partial charge on any atom is 0.163 e. The minimum Gasteiger partial charge on any atom is -0.379 e. The van der Waals surface area contributed by atoms with Crippen LogP contribution in [-0.2, 0) is 23.0 Å². The van der Waals surface area contributed by atoms with E-state index in [4.69, 9.17) is 4.74 Å². The number of morpholine rings is 1. The number of ketones is 1.